The highest BCUT2D eigenvalue weighted by Gasteiger charge is 2.18. The Morgan fingerprint density at radius 1 is 1.24 bits per heavy atom. The monoisotopic (exact) mass is 392 g/mol. The van der Waals surface area contributed by atoms with Crippen LogP contribution < -0.4 is 15.4 Å². The summed E-state index contributed by atoms with van der Waals surface area (Å²) in [4.78, 5) is 16.7. The average Bonchev–Trinajstić information content (AvgIpc) is 3.39. The van der Waals surface area contributed by atoms with Crippen LogP contribution in [0.3, 0.4) is 0 Å². The number of aromatic nitrogens is 4. The Kier molecular flexibility index (Phi) is 5.69. The normalized spacial score (nSPS) is 14.0. The Morgan fingerprint density at radius 3 is 2.90 bits per heavy atom. The average molecular weight is 392 g/mol. The lowest BCUT2D eigenvalue weighted by Crippen LogP contribution is -2.28. The van der Waals surface area contributed by atoms with Gasteiger partial charge >= 0.3 is 6.03 Å². The molecule has 1 saturated carbocycles. The van der Waals surface area contributed by atoms with Gasteiger partial charge in [0, 0.05) is 36.6 Å². The maximum absolute atomic E-state index is 12.4. The molecule has 1 aliphatic rings. The Bertz CT molecular complexity index is 981. The molecule has 1 aliphatic carbocycles. The van der Waals surface area contributed by atoms with Crippen molar-refractivity contribution in [2.24, 2.45) is 7.05 Å². The fourth-order valence-electron chi connectivity index (χ4n) is 3.46. The number of rotatable bonds is 6. The second kappa shape index (κ2) is 8.72. The molecule has 4 rings (SSSR count). The van der Waals surface area contributed by atoms with E-state index in [0.29, 0.717) is 18.1 Å². The van der Waals surface area contributed by atoms with Crippen LogP contribution in [0.4, 0.5) is 10.5 Å². The first-order valence-electron chi connectivity index (χ1n) is 9.79. The Labute approximate surface area is 169 Å². The summed E-state index contributed by atoms with van der Waals surface area (Å²) in [6, 6.07) is 11.0. The summed E-state index contributed by atoms with van der Waals surface area (Å²) in [5.41, 5.74) is 2.42. The van der Waals surface area contributed by atoms with Gasteiger partial charge in [0.25, 0.3) is 0 Å². The number of ether oxygens (including phenoxy) is 1. The molecule has 2 N–H and O–H groups in total. The van der Waals surface area contributed by atoms with Crippen molar-refractivity contribution in [1.29, 1.82) is 0 Å². The number of carbonyl (C=O) groups is 1. The van der Waals surface area contributed by atoms with E-state index in [2.05, 4.69) is 25.8 Å². The molecular weight excluding hydrogens is 368 g/mol. The smallest absolute Gasteiger partial charge is 0.319 e. The van der Waals surface area contributed by atoms with Gasteiger partial charge in [-0.15, -0.1) is 10.2 Å². The van der Waals surface area contributed by atoms with Crippen molar-refractivity contribution < 1.29 is 9.53 Å². The summed E-state index contributed by atoms with van der Waals surface area (Å²) >= 11 is 0. The number of urea groups is 1. The lowest BCUT2D eigenvalue weighted by Gasteiger charge is -2.15. The first kappa shape index (κ1) is 18.9. The van der Waals surface area contributed by atoms with Crippen molar-refractivity contribution in [3.05, 3.63) is 54.5 Å². The summed E-state index contributed by atoms with van der Waals surface area (Å²) in [6.07, 6.45) is 8.09. The zero-order valence-electron chi connectivity index (χ0n) is 16.3. The molecule has 3 aromatic rings. The van der Waals surface area contributed by atoms with E-state index in [4.69, 9.17) is 4.74 Å². The lowest BCUT2D eigenvalue weighted by atomic mass is 10.2. The topological polar surface area (TPSA) is 94.0 Å². The van der Waals surface area contributed by atoms with Gasteiger partial charge in [-0.05, 0) is 43.9 Å². The van der Waals surface area contributed by atoms with Crippen LogP contribution in [0, 0.1) is 0 Å². The van der Waals surface area contributed by atoms with E-state index < -0.39 is 0 Å². The van der Waals surface area contributed by atoms with Crippen molar-refractivity contribution in [1.82, 2.24) is 25.1 Å². The molecule has 8 nitrogen and oxygen atoms in total. The van der Waals surface area contributed by atoms with Gasteiger partial charge in [0.15, 0.2) is 5.82 Å². The molecule has 0 bridgehead atoms. The van der Waals surface area contributed by atoms with Gasteiger partial charge in [-0.1, -0.05) is 18.2 Å². The van der Waals surface area contributed by atoms with Crippen LogP contribution in [0.2, 0.25) is 0 Å². The molecule has 0 aliphatic heterocycles. The third kappa shape index (κ3) is 4.71. The van der Waals surface area contributed by atoms with Crippen molar-refractivity contribution >= 4 is 11.7 Å². The van der Waals surface area contributed by atoms with Crippen molar-refractivity contribution in [3.63, 3.8) is 0 Å². The third-order valence-corrected chi connectivity index (χ3v) is 4.96. The Morgan fingerprint density at radius 2 is 2.10 bits per heavy atom. The minimum atomic E-state index is -0.296. The molecule has 0 atom stereocenters. The first-order valence-corrected chi connectivity index (χ1v) is 9.79. The number of pyridine rings is 1. The molecular formula is C21H24N6O2. The number of hydrogen-bond donors (Lipinski definition) is 2. The molecule has 0 spiro atoms. The first-order chi connectivity index (χ1) is 14.2. The lowest BCUT2D eigenvalue weighted by molar-refractivity contribution is 0.199. The minimum Gasteiger partial charge on any atom is -0.474 e. The number of carbonyl (C=O) groups excluding carboxylic acids is 1. The molecule has 0 radical (unpaired) electrons. The molecule has 29 heavy (non-hydrogen) atoms. The number of aryl methyl sites for hydroxylation is 1. The summed E-state index contributed by atoms with van der Waals surface area (Å²) in [7, 11) is 1.88. The van der Waals surface area contributed by atoms with Crippen molar-refractivity contribution in [3.8, 4) is 17.3 Å². The van der Waals surface area contributed by atoms with Crippen LogP contribution in [-0.4, -0.2) is 31.9 Å². The summed E-state index contributed by atoms with van der Waals surface area (Å²) in [5, 5.41) is 13.7. The van der Waals surface area contributed by atoms with E-state index in [-0.39, 0.29) is 12.1 Å². The largest absolute Gasteiger partial charge is 0.474 e. The zero-order chi connectivity index (χ0) is 20.1. The molecule has 1 fully saturated rings. The van der Waals surface area contributed by atoms with Gasteiger partial charge in [0.05, 0.1) is 0 Å². The highest BCUT2D eigenvalue weighted by atomic mass is 16.5. The predicted octanol–water partition coefficient (Wildman–Crippen LogP) is 3.52. The van der Waals surface area contributed by atoms with Crippen LogP contribution in [0.25, 0.3) is 11.4 Å². The second-order valence-corrected chi connectivity index (χ2v) is 7.15. The van der Waals surface area contributed by atoms with Crippen molar-refractivity contribution in [2.45, 2.75) is 38.3 Å². The molecule has 8 heteroatoms. The quantitative estimate of drug-likeness (QED) is 0.669. The maximum Gasteiger partial charge on any atom is 0.319 e. The standard InChI is InChI=1S/C21H24N6O2/c1-27-14-24-26-19(27)15-6-4-8-17(12-15)25-21(28)23-13-16-7-5-11-22-20(16)29-18-9-2-3-10-18/h4-8,11-12,14,18H,2-3,9-10,13H2,1H3,(H2,23,25,28). The molecule has 0 saturated heterocycles. The molecule has 2 amide bonds. The van der Waals surface area contributed by atoms with Gasteiger partial charge in [-0.3, -0.25) is 0 Å². The van der Waals surface area contributed by atoms with E-state index in [1.807, 2.05) is 48.0 Å². The van der Waals surface area contributed by atoms with E-state index in [1.165, 1.54) is 12.8 Å². The van der Waals surface area contributed by atoms with Crippen molar-refractivity contribution in [2.75, 3.05) is 5.32 Å². The summed E-state index contributed by atoms with van der Waals surface area (Å²) < 4.78 is 7.85. The van der Waals surface area contributed by atoms with Gasteiger partial charge in [0.1, 0.15) is 12.4 Å². The Balaban J connectivity index is 1.37. The van der Waals surface area contributed by atoms with Gasteiger partial charge in [0.2, 0.25) is 5.88 Å². The third-order valence-electron chi connectivity index (χ3n) is 4.96. The number of hydrogen-bond acceptors (Lipinski definition) is 5. The molecule has 2 heterocycles. The number of nitrogens with zero attached hydrogens (tertiary/aromatic N) is 4. The SMILES string of the molecule is Cn1cnnc1-c1cccc(NC(=O)NCc2cccnc2OC2CCCC2)c1. The fourth-order valence-corrected chi connectivity index (χ4v) is 3.46. The fraction of sp³-hybridized carbons (Fsp3) is 0.333. The Hall–Kier alpha value is -3.42. The second-order valence-electron chi connectivity index (χ2n) is 7.15. The molecule has 0 unspecified atom stereocenters. The van der Waals surface area contributed by atoms with Gasteiger partial charge in [-0.25, -0.2) is 9.78 Å². The van der Waals surface area contributed by atoms with Crippen LogP contribution in [0.1, 0.15) is 31.2 Å². The summed E-state index contributed by atoms with van der Waals surface area (Å²) in [5.74, 6) is 1.34. The minimum absolute atomic E-state index is 0.223. The zero-order valence-corrected chi connectivity index (χ0v) is 16.3. The van der Waals surface area contributed by atoms with E-state index >= 15 is 0 Å². The van der Waals surface area contributed by atoms with E-state index in [0.717, 1.165) is 29.8 Å². The number of amides is 2. The highest BCUT2D eigenvalue weighted by molar-refractivity contribution is 5.89. The van der Waals surface area contributed by atoms with Crippen LogP contribution in [0.15, 0.2) is 48.9 Å². The van der Waals surface area contributed by atoms with Crippen LogP contribution in [0.5, 0.6) is 5.88 Å². The van der Waals surface area contributed by atoms with Crippen LogP contribution in [-0.2, 0) is 13.6 Å². The summed E-state index contributed by atoms with van der Waals surface area (Å²) in [6.45, 7) is 0.338. The van der Waals surface area contributed by atoms with Gasteiger partial charge < -0.3 is 19.9 Å². The highest BCUT2D eigenvalue weighted by Crippen LogP contribution is 2.25. The maximum atomic E-state index is 12.4. The molecule has 1 aromatic carbocycles. The predicted molar refractivity (Wildman–Crippen MR) is 109 cm³/mol. The number of anilines is 1. The number of nitrogens with one attached hydrogen (secondary N) is 2. The number of benzene rings is 1. The molecule has 150 valence electrons. The van der Waals surface area contributed by atoms with E-state index in [9.17, 15) is 4.79 Å². The van der Waals surface area contributed by atoms with E-state index in [1.54, 1.807) is 12.5 Å². The van der Waals surface area contributed by atoms with Crippen LogP contribution >= 0.6 is 0 Å². The molecule has 2 aromatic heterocycles. The van der Waals surface area contributed by atoms with Gasteiger partial charge in [-0.2, -0.15) is 0 Å².